The number of aryl methyl sites for hydroxylation is 1. The van der Waals surface area contributed by atoms with Crippen molar-refractivity contribution in [1.82, 2.24) is 9.88 Å². The molecule has 0 saturated carbocycles. The van der Waals surface area contributed by atoms with Gasteiger partial charge in [0.05, 0.1) is 6.04 Å². The third-order valence-corrected chi connectivity index (χ3v) is 4.01. The second kappa shape index (κ2) is 5.45. The van der Waals surface area contributed by atoms with Crippen LogP contribution in [0.4, 0.5) is 0 Å². The first-order chi connectivity index (χ1) is 9.77. The molecule has 2 aromatic rings. The average molecular weight is 266 g/mol. The molecule has 0 radical (unpaired) electrons. The molecule has 1 amide bonds. The van der Waals surface area contributed by atoms with Gasteiger partial charge in [0.2, 0.25) is 0 Å². The highest BCUT2D eigenvalue weighted by Crippen LogP contribution is 2.33. The van der Waals surface area contributed by atoms with E-state index in [0.717, 1.165) is 19.3 Å². The molecule has 1 aromatic heterocycles. The number of hydrogen-bond donors (Lipinski definition) is 0. The van der Waals surface area contributed by atoms with Crippen LogP contribution in [0.3, 0.4) is 0 Å². The summed E-state index contributed by atoms with van der Waals surface area (Å²) in [6.07, 6.45) is 4.92. The lowest BCUT2D eigenvalue weighted by Crippen LogP contribution is -2.33. The van der Waals surface area contributed by atoms with Gasteiger partial charge in [-0.15, -0.1) is 0 Å². The number of nitrogens with zero attached hydrogens (tertiary/aromatic N) is 2. The van der Waals surface area contributed by atoms with Crippen molar-refractivity contribution in [2.75, 3.05) is 7.05 Å². The van der Waals surface area contributed by atoms with E-state index in [4.69, 9.17) is 0 Å². The smallest absolute Gasteiger partial charge is 0.272 e. The molecule has 0 fully saturated rings. The van der Waals surface area contributed by atoms with E-state index in [1.165, 1.54) is 11.1 Å². The molecule has 3 heteroatoms. The third-order valence-electron chi connectivity index (χ3n) is 4.01. The molecule has 0 saturated heterocycles. The summed E-state index contributed by atoms with van der Waals surface area (Å²) in [7, 11) is 1.88. The van der Waals surface area contributed by atoms with E-state index < -0.39 is 0 Å². The fourth-order valence-electron chi connectivity index (χ4n) is 2.94. The van der Waals surface area contributed by atoms with Crippen molar-refractivity contribution in [2.24, 2.45) is 0 Å². The summed E-state index contributed by atoms with van der Waals surface area (Å²) in [6.45, 7) is 0. The number of aromatic nitrogens is 1. The van der Waals surface area contributed by atoms with Gasteiger partial charge in [-0.2, -0.15) is 0 Å². The quantitative estimate of drug-likeness (QED) is 0.836. The van der Waals surface area contributed by atoms with Crippen molar-refractivity contribution in [3.63, 3.8) is 0 Å². The van der Waals surface area contributed by atoms with Crippen LogP contribution >= 0.6 is 0 Å². The van der Waals surface area contributed by atoms with Gasteiger partial charge in [0, 0.05) is 13.2 Å². The van der Waals surface area contributed by atoms with Crippen LogP contribution in [-0.2, 0) is 6.42 Å². The summed E-state index contributed by atoms with van der Waals surface area (Å²) in [6, 6.07) is 14.0. The minimum absolute atomic E-state index is 0.00713. The van der Waals surface area contributed by atoms with Crippen molar-refractivity contribution < 1.29 is 4.79 Å². The predicted molar refractivity (Wildman–Crippen MR) is 78.5 cm³/mol. The number of benzene rings is 1. The molecule has 3 nitrogen and oxygen atoms in total. The summed E-state index contributed by atoms with van der Waals surface area (Å²) < 4.78 is 0. The first-order valence-corrected chi connectivity index (χ1v) is 7.03. The molecule has 3 rings (SSSR count). The van der Waals surface area contributed by atoms with Crippen LogP contribution in [0.15, 0.2) is 48.7 Å². The van der Waals surface area contributed by atoms with Crippen molar-refractivity contribution in [3.8, 4) is 0 Å². The van der Waals surface area contributed by atoms with Gasteiger partial charge in [0.25, 0.3) is 5.91 Å². The number of fused-ring (bicyclic) bond motifs is 1. The Labute approximate surface area is 119 Å². The van der Waals surface area contributed by atoms with Crippen LogP contribution < -0.4 is 0 Å². The molecule has 1 heterocycles. The highest BCUT2D eigenvalue weighted by molar-refractivity contribution is 5.92. The van der Waals surface area contributed by atoms with Gasteiger partial charge in [-0.25, -0.2) is 0 Å². The number of carbonyl (C=O) groups is 1. The summed E-state index contributed by atoms with van der Waals surface area (Å²) in [4.78, 5) is 18.5. The lowest BCUT2D eigenvalue weighted by molar-refractivity contribution is 0.0709. The summed E-state index contributed by atoms with van der Waals surface area (Å²) in [5, 5.41) is 0. The van der Waals surface area contributed by atoms with Crippen LogP contribution in [0.25, 0.3) is 0 Å². The van der Waals surface area contributed by atoms with Gasteiger partial charge >= 0.3 is 0 Å². The number of pyridine rings is 1. The zero-order chi connectivity index (χ0) is 13.9. The fraction of sp³-hybridized carbons (Fsp3) is 0.294. The van der Waals surface area contributed by atoms with E-state index in [2.05, 4.69) is 29.2 Å². The number of carbonyl (C=O) groups excluding carboxylic acids is 1. The Morgan fingerprint density at radius 3 is 2.80 bits per heavy atom. The lowest BCUT2D eigenvalue weighted by atomic mass is 9.87. The van der Waals surface area contributed by atoms with Crippen molar-refractivity contribution in [3.05, 3.63) is 65.5 Å². The van der Waals surface area contributed by atoms with Gasteiger partial charge in [0.15, 0.2) is 0 Å². The summed E-state index contributed by atoms with van der Waals surface area (Å²) in [5.41, 5.74) is 3.16. The second-order valence-electron chi connectivity index (χ2n) is 5.24. The molecule has 1 unspecified atom stereocenters. The molecule has 102 valence electrons. The molecular weight excluding hydrogens is 248 g/mol. The van der Waals surface area contributed by atoms with Gasteiger partial charge in [-0.05, 0) is 42.5 Å². The third kappa shape index (κ3) is 2.31. The summed E-state index contributed by atoms with van der Waals surface area (Å²) in [5.74, 6) is -0.00713. The van der Waals surface area contributed by atoms with E-state index in [0.29, 0.717) is 5.69 Å². The fourth-order valence-corrected chi connectivity index (χ4v) is 2.94. The topological polar surface area (TPSA) is 33.2 Å². The van der Waals surface area contributed by atoms with Gasteiger partial charge in [-0.1, -0.05) is 30.3 Å². The molecule has 20 heavy (non-hydrogen) atoms. The van der Waals surface area contributed by atoms with E-state index in [9.17, 15) is 4.79 Å². The van der Waals surface area contributed by atoms with E-state index in [1.54, 1.807) is 12.3 Å². The molecular formula is C17H18N2O. The molecule has 1 atom stereocenters. The molecule has 1 aromatic carbocycles. The Bertz CT molecular complexity index is 609. The molecule has 1 aliphatic rings. The van der Waals surface area contributed by atoms with Crippen LogP contribution in [-0.4, -0.2) is 22.8 Å². The molecule has 1 aliphatic carbocycles. The Kier molecular flexibility index (Phi) is 3.50. The van der Waals surface area contributed by atoms with Crippen molar-refractivity contribution in [1.29, 1.82) is 0 Å². The number of amides is 1. The van der Waals surface area contributed by atoms with Crippen LogP contribution in [0.1, 0.15) is 40.5 Å². The largest absolute Gasteiger partial charge is 0.333 e. The molecule has 0 spiro atoms. The maximum atomic E-state index is 12.5. The van der Waals surface area contributed by atoms with E-state index in [-0.39, 0.29) is 11.9 Å². The predicted octanol–water partition coefficient (Wildman–Crippen LogP) is 3.23. The second-order valence-corrected chi connectivity index (χ2v) is 5.24. The minimum atomic E-state index is -0.00713. The molecule has 0 bridgehead atoms. The SMILES string of the molecule is CN(C(=O)c1ccccn1)C1CCCc2ccccc21. The Balaban J connectivity index is 1.89. The highest BCUT2D eigenvalue weighted by atomic mass is 16.2. The Morgan fingerprint density at radius 2 is 2.00 bits per heavy atom. The first kappa shape index (κ1) is 12.9. The standard InChI is InChI=1S/C17H18N2O/c1-19(17(20)15-10-4-5-12-18-15)16-11-6-8-13-7-2-3-9-14(13)16/h2-5,7,9-10,12,16H,6,8,11H2,1H3. The Hall–Kier alpha value is -2.16. The van der Waals surface area contributed by atoms with Gasteiger partial charge in [-0.3, -0.25) is 9.78 Å². The Morgan fingerprint density at radius 1 is 1.20 bits per heavy atom. The van der Waals surface area contributed by atoms with Crippen LogP contribution in [0.5, 0.6) is 0 Å². The minimum Gasteiger partial charge on any atom is -0.333 e. The van der Waals surface area contributed by atoms with Gasteiger partial charge in [0.1, 0.15) is 5.69 Å². The molecule has 0 aliphatic heterocycles. The summed E-state index contributed by atoms with van der Waals surface area (Å²) >= 11 is 0. The zero-order valence-electron chi connectivity index (χ0n) is 11.6. The first-order valence-electron chi connectivity index (χ1n) is 7.03. The molecule has 0 N–H and O–H groups in total. The average Bonchev–Trinajstić information content (AvgIpc) is 2.54. The zero-order valence-corrected chi connectivity index (χ0v) is 11.6. The van der Waals surface area contributed by atoms with Crippen LogP contribution in [0, 0.1) is 0 Å². The van der Waals surface area contributed by atoms with Gasteiger partial charge < -0.3 is 4.90 Å². The van der Waals surface area contributed by atoms with Crippen molar-refractivity contribution >= 4 is 5.91 Å². The monoisotopic (exact) mass is 266 g/mol. The van der Waals surface area contributed by atoms with E-state index >= 15 is 0 Å². The maximum absolute atomic E-state index is 12.5. The normalized spacial score (nSPS) is 17.4. The number of hydrogen-bond acceptors (Lipinski definition) is 2. The number of rotatable bonds is 2. The van der Waals surface area contributed by atoms with Crippen molar-refractivity contribution in [2.45, 2.75) is 25.3 Å². The van der Waals surface area contributed by atoms with Crippen LogP contribution in [0.2, 0.25) is 0 Å². The van der Waals surface area contributed by atoms with E-state index in [1.807, 2.05) is 24.1 Å². The maximum Gasteiger partial charge on any atom is 0.272 e. The highest BCUT2D eigenvalue weighted by Gasteiger charge is 2.27. The lowest BCUT2D eigenvalue weighted by Gasteiger charge is -2.33.